The molecule has 0 amide bonds. The van der Waals surface area contributed by atoms with Crippen LogP contribution in [0.15, 0.2) is 18.2 Å². The van der Waals surface area contributed by atoms with E-state index in [0.29, 0.717) is 18.3 Å². The lowest BCUT2D eigenvalue weighted by molar-refractivity contribution is 0.291. The molecule has 1 N–H and O–H groups in total. The minimum Gasteiger partial charge on any atom is -0.313 e. The van der Waals surface area contributed by atoms with Gasteiger partial charge < -0.3 is 5.32 Å². The Kier molecular flexibility index (Phi) is 5.53. The Morgan fingerprint density at radius 2 is 1.95 bits per heavy atom. The molecule has 1 fully saturated rings. The van der Waals surface area contributed by atoms with Gasteiger partial charge in [0.25, 0.3) is 0 Å². The average molecular weight is 281 g/mol. The highest BCUT2D eigenvalue weighted by Gasteiger charge is 2.31. The molecule has 1 aliphatic carbocycles. The van der Waals surface area contributed by atoms with Crippen LogP contribution in [-0.4, -0.2) is 12.6 Å². The summed E-state index contributed by atoms with van der Waals surface area (Å²) in [5.41, 5.74) is 0.236. The first-order valence-corrected chi connectivity index (χ1v) is 7.79. The van der Waals surface area contributed by atoms with Gasteiger partial charge in [0, 0.05) is 11.6 Å². The van der Waals surface area contributed by atoms with Gasteiger partial charge >= 0.3 is 0 Å². The second kappa shape index (κ2) is 7.16. The molecular formula is C17H25F2N. The van der Waals surface area contributed by atoms with E-state index in [1.54, 1.807) is 0 Å². The molecule has 3 atom stereocenters. The van der Waals surface area contributed by atoms with E-state index in [1.165, 1.54) is 37.5 Å². The fourth-order valence-electron chi connectivity index (χ4n) is 3.42. The smallest absolute Gasteiger partial charge is 0.129 e. The minimum atomic E-state index is -0.418. The number of halogens is 2. The van der Waals surface area contributed by atoms with E-state index >= 15 is 0 Å². The summed E-state index contributed by atoms with van der Waals surface area (Å²) < 4.78 is 27.7. The SMILES string of the molecule is CCCNC(Cc1c(F)cccc1F)C1CCCC1C. The van der Waals surface area contributed by atoms with Gasteiger partial charge in [0.05, 0.1) is 0 Å². The molecule has 0 bridgehead atoms. The molecule has 0 radical (unpaired) electrons. The van der Waals surface area contributed by atoms with Gasteiger partial charge in [0.15, 0.2) is 0 Å². The van der Waals surface area contributed by atoms with Crippen molar-refractivity contribution in [3.05, 3.63) is 35.4 Å². The lowest BCUT2D eigenvalue weighted by atomic mass is 9.86. The molecule has 0 heterocycles. The highest BCUT2D eigenvalue weighted by atomic mass is 19.1. The molecule has 0 aliphatic heterocycles. The van der Waals surface area contributed by atoms with E-state index in [9.17, 15) is 8.78 Å². The Bertz CT molecular complexity index is 413. The second-order valence-corrected chi connectivity index (χ2v) is 6.04. The number of hydrogen-bond acceptors (Lipinski definition) is 1. The molecule has 0 aromatic heterocycles. The Morgan fingerprint density at radius 1 is 1.25 bits per heavy atom. The van der Waals surface area contributed by atoms with Crippen LogP contribution in [0.2, 0.25) is 0 Å². The average Bonchev–Trinajstić information content (AvgIpc) is 2.84. The standard InChI is InChI=1S/C17H25F2N/c1-3-10-20-17(13-7-4-6-12(13)2)11-14-15(18)8-5-9-16(14)19/h5,8-9,12-13,17,20H,3-4,6-7,10-11H2,1-2H3. The summed E-state index contributed by atoms with van der Waals surface area (Å²) in [6, 6.07) is 4.32. The second-order valence-electron chi connectivity index (χ2n) is 6.04. The van der Waals surface area contributed by atoms with Gasteiger partial charge in [-0.25, -0.2) is 8.78 Å². The van der Waals surface area contributed by atoms with Crippen LogP contribution < -0.4 is 5.32 Å². The summed E-state index contributed by atoms with van der Waals surface area (Å²) in [4.78, 5) is 0. The van der Waals surface area contributed by atoms with E-state index in [2.05, 4.69) is 19.2 Å². The topological polar surface area (TPSA) is 12.0 Å². The first-order valence-electron chi connectivity index (χ1n) is 7.79. The molecule has 1 saturated carbocycles. The van der Waals surface area contributed by atoms with Crippen LogP contribution in [0.5, 0.6) is 0 Å². The number of hydrogen-bond donors (Lipinski definition) is 1. The summed E-state index contributed by atoms with van der Waals surface area (Å²) >= 11 is 0. The van der Waals surface area contributed by atoms with Gasteiger partial charge in [-0.15, -0.1) is 0 Å². The van der Waals surface area contributed by atoms with Crippen molar-refractivity contribution in [3.63, 3.8) is 0 Å². The molecular weight excluding hydrogens is 256 g/mol. The lowest BCUT2D eigenvalue weighted by Gasteiger charge is -2.28. The third kappa shape index (κ3) is 3.57. The summed E-state index contributed by atoms with van der Waals surface area (Å²) in [6.07, 6.45) is 5.12. The number of benzene rings is 1. The van der Waals surface area contributed by atoms with Crippen molar-refractivity contribution in [3.8, 4) is 0 Å². The molecule has 1 aliphatic rings. The lowest BCUT2D eigenvalue weighted by Crippen LogP contribution is -2.40. The van der Waals surface area contributed by atoms with Gasteiger partial charge in [-0.2, -0.15) is 0 Å². The van der Waals surface area contributed by atoms with Crippen molar-refractivity contribution >= 4 is 0 Å². The maximum Gasteiger partial charge on any atom is 0.129 e. The maximum absolute atomic E-state index is 13.8. The van der Waals surface area contributed by atoms with Crippen molar-refractivity contribution < 1.29 is 8.78 Å². The fraction of sp³-hybridized carbons (Fsp3) is 0.647. The van der Waals surface area contributed by atoms with Crippen LogP contribution >= 0.6 is 0 Å². The van der Waals surface area contributed by atoms with Crippen LogP contribution in [0.1, 0.15) is 45.1 Å². The third-order valence-electron chi connectivity index (χ3n) is 4.59. The van der Waals surface area contributed by atoms with Crippen molar-refractivity contribution in [1.29, 1.82) is 0 Å². The van der Waals surface area contributed by atoms with Crippen LogP contribution in [0.3, 0.4) is 0 Å². The highest BCUT2D eigenvalue weighted by Crippen LogP contribution is 2.35. The number of rotatable bonds is 6. The molecule has 20 heavy (non-hydrogen) atoms. The molecule has 1 nitrogen and oxygen atoms in total. The first-order chi connectivity index (χ1) is 9.63. The molecule has 3 heteroatoms. The molecule has 0 saturated heterocycles. The van der Waals surface area contributed by atoms with Gasteiger partial charge in [-0.3, -0.25) is 0 Å². The Balaban J connectivity index is 2.14. The van der Waals surface area contributed by atoms with Crippen molar-refractivity contribution in [2.45, 2.75) is 52.0 Å². The van der Waals surface area contributed by atoms with Crippen LogP contribution in [0.4, 0.5) is 8.78 Å². The number of nitrogens with one attached hydrogen (secondary N) is 1. The summed E-state index contributed by atoms with van der Waals surface area (Å²) in [6.45, 7) is 5.28. The van der Waals surface area contributed by atoms with Gasteiger partial charge in [-0.1, -0.05) is 32.8 Å². The minimum absolute atomic E-state index is 0.179. The Morgan fingerprint density at radius 3 is 2.50 bits per heavy atom. The van der Waals surface area contributed by atoms with E-state index in [1.807, 2.05) is 0 Å². The molecule has 1 aromatic rings. The van der Waals surface area contributed by atoms with Crippen LogP contribution in [0.25, 0.3) is 0 Å². The van der Waals surface area contributed by atoms with Crippen molar-refractivity contribution in [2.24, 2.45) is 11.8 Å². The fourth-order valence-corrected chi connectivity index (χ4v) is 3.42. The summed E-state index contributed by atoms with van der Waals surface area (Å²) in [5.74, 6) is 0.331. The van der Waals surface area contributed by atoms with Crippen molar-refractivity contribution in [2.75, 3.05) is 6.54 Å². The molecule has 112 valence electrons. The molecule has 1 aromatic carbocycles. The van der Waals surface area contributed by atoms with Crippen molar-refractivity contribution in [1.82, 2.24) is 5.32 Å². The van der Waals surface area contributed by atoms with E-state index in [-0.39, 0.29) is 11.6 Å². The zero-order valence-corrected chi connectivity index (χ0v) is 12.5. The zero-order chi connectivity index (χ0) is 14.5. The summed E-state index contributed by atoms with van der Waals surface area (Å²) in [5, 5.41) is 3.51. The Labute approximate surface area is 120 Å². The van der Waals surface area contributed by atoms with Gasteiger partial charge in [0.2, 0.25) is 0 Å². The largest absolute Gasteiger partial charge is 0.313 e. The quantitative estimate of drug-likeness (QED) is 0.819. The molecule has 2 rings (SSSR count). The normalized spacial score (nSPS) is 24.0. The Hall–Kier alpha value is -0.960. The van der Waals surface area contributed by atoms with Crippen LogP contribution in [-0.2, 0) is 6.42 Å². The first kappa shape index (κ1) is 15.4. The predicted octanol–water partition coefficient (Wildman–Crippen LogP) is 4.31. The molecule has 3 unspecified atom stereocenters. The van der Waals surface area contributed by atoms with Gasteiger partial charge in [0.1, 0.15) is 11.6 Å². The predicted molar refractivity (Wildman–Crippen MR) is 78.6 cm³/mol. The highest BCUT2D eigenvalue weighted by molar-refractivity contribution is 5.21. The zero-order valence-electron chi connectivity index (χ0n) is 12.5. The van der Waals surface area contributed by atoms with Crippen LogP contribution in [0, 0.1) is 23.5 Å². The third-order valence-corrected chi connectivity index (χ3v) is 4.59. The maximum atomic E-state index is 13.8. The monoisotopic (exact) mass is 281 g/mol. The van der Waals surface area contributed by atoms with Gasteiger partial charge in [-0.05, 0) is 49.8 Å². The van der Waals surface area contributed by atoms with E-state index in [4.69, 9.17) is 0 Å². The summed E-state index contributed by atoms with van der Waals surface area (Å²) in [7, 11) is 0. The van der Waals surface area contributed by atoms with E-state index in [0.717, 1.165) is 13.0 Å². The molecule has 0 spiro atoms. The van der Waals surface area contributed by atoms with E-state index < -0.39 is 11.6 Å².